The number of rotatable bonds is 4. The number of hydrogen-bond donors (Lipinski definition) is 2. The van der Waals surface area contributed by atoms with Gasteiger partial charge in [-0.25, -0.2) is 12.8 Å². The number of nitrogens with two attached hydrogens (primary N) is 1. The van der Waals surface area contributed by atoms with Crippen molar-refractivity contribution < 1.29 is 12.8 Å². The molecule has 0 saturated heterocycles. The fraction of sp³-hybridized carbons (Fsp3) is 0.167. The molecule has 0 amide bonds. The molecule has 0 radical (unpaired) electrons. The lowest BCUT2D eigenvalue weighted by molar-refractivity contribution is 0.598. The van der Waals surface area contributed by atoms with Crippen molar-refractivity contribution >= 4 is 43.0 Å². The van der Waals surface area contributed by atoms with Gasteiger partial charge in [0.2, 0.25) is 0 Å². The molecule has 0 aliphatic heterocycles. The summed E-state index contributed by atoms with van der Waals surface area (Å²) in [5.41, 5.74) is 6.12. The highest BCUT2D eigenvalue weighted by Gasteiger charge is 2.22. The van der Waals surface area contributed by atoms with Gasteiger partial charge in [0.25, 0.3) is 10.0 Å². The third-order valence-electron chi connectivity index (χ3n) is 2.57. The van der Waals surface area contributed by atoms with Gasteiger partial charge in [0, 0.05) is 11.4 Å². The molecule has 108 valence electrons. The van der Waals surface area contributed by atoms with Gasteiger partial charge in [-0.15, -0.1) is 11.3 Å². The number of benzene rings is 1. The van der Waals surface area contributed by atoms with Crippen molar-refractivity contribution in [3.8, 4) is 0 Å². The molecule has 0 atom stereocenters. The lowest BCUT2D eigenvalue weighted by Crippen LogP contribution is -2.13. The predicted octanol–water partition coefficient (Wildman–Crippen LogP) is 3.22. The van der Waals surface area contributed by atoms with Gasteiger partial charge in [-0.1, -0.05) is 6.07 Å². The van der Waals surface area contributed by atoms with Crippen molar-refractivity contribution in [1.29, 1.82) is 0 Å². The largest absolute Gasteiger partial charge is 0.326 e. The van der Waals surface area contributed by atoms with Crippen molar-refractivity contribution in [2.24, 2.45) is 5.73 Å². The van der Waals surface area contributed by atoms with Crippen LogP contribution in [0.15, 0.2) is 32.9 Å². The molecule has 3 N–H and O–H groups in total. The molecule has 0 aliphatic carbocycles. The highest BCUT2D eigenvalue weighted by atomic mass is 79.9. The number of hydrogen-bond acceptors (Lipinski definition) is 4. The van der Waals surface area contributed by atoms with E-state index in [1.165, 1.54) is 29.5 Å². The highest BCUT2D eigenvalue weighted by Crippen LogP contribution is 2.33. The molecule has 0 aliphatic rings. The minimum Gasteiger partial charge on any atom is -0.326 e. The van der Waals surface area contributed by atoms with Gasteiger partial charge >= 0.3 is 0 Å². The van der Waals surface area contributed by atoms with Crippen LogP contribution in [0.25, 0.3) is 0 Å². The van der Waals surface area contributed by atoms with E-state index in [-0.39, 0.29) is 17.1 Å². The maximum absolute atomic E-state index is 13.7. The number of anilines is 1. The van der Waals surface area contributed by atoms with Crippen molar-refractivity contribution in [3.63, 3.8) is 0 Å². The van der Waals surface area contributed by atoms with Crippen molar-refractivity contribution in [2.75, 3.05) is 4.72 Å². The molecule has 1 aromatic heterocycles. The molecule has 8 heteroatoms. The Bertz CT molecular complexity index is 744. The van der Waals surface area contributed by atoms with E-state index in [4.69, 9.17) is 5.73 Å². The Balaban J connectivity index is 2.38. The van der Waals surface area contributed by atoms with Crippen LogP contribution in [0.2, 0.25) is 0 Å². The van der Waals surface area contributed by atoms with E-state index in [2.05, 4.69) is 20.7 Å². The molecule has 20 heavy (non-hydrogen) atoms. The smallest absolute Gasteiger partial charge is 0.263 e. The first-order chi connectivity index (χ1) is 9.33. The summed E-state index contributed by atoms with van der Waals surface area (Å²) in [6.07, 6.45) is 0. The molecular weight excluding hydrogens is 367 g/mol. The molecule has 2 rings (SSSR count). The molecule has 0 spiro atoms. The topological polar surface area (TPSA) is 72.2 Å². The van der Waals surface area contributed by atoms with Crippen molar-refractivity contribution in [3.05, 3.63) is 44.3 Å². The van der Waals surface area contributed by atoms with E-state index in [1.807, 2.05) is 0 Å². The first kappa shape index (κ1) is 15.4. The van der Waals surface area contributed by atoms with Crippen LogP contribution in [0.1, 0.15) is 10.4 Å². The summed E-state index contributed by atoms with van der Waals surface area (Å²) in [6, 6.07) is 5.77. The Labute approximate surface area is 129 Å². The second-order valence-electron chi connectivity index (χ2n) is 4.14. The third kappa shape index (κ3) is 3.20. The summed E-state index contributed by atoms with van der Waals surface area (Å²) in [6.45, 7) is 1.97. The second-order valence-corrected chi connectivity index (χ2v) is 8.25. The van der Waals surface area contributed by atoms with Gasteiger partial charge in [-0.2, -0.15) is 0 Å². The molecule has 1 aromatic carbocycles. The van der Waals surface area contributed by atoms with E-state index >= 15 is 0 Å². The molecule has 1 heterocycles. The SMILES string of the molecule is Cc1ccc(NS(=O)(=O)c2cc(CN)sc2Br)c(F)c1. The van der Waals surface area contributed by atoms with E-state index in [1.54, 1.807) is 13.0 Å². The Hall–Kier alpha value is -0.960. The zero-order valence-corrected chi connectivity index (χ0v) is 13.7. The Morgan fingerprint density at radius 3 is 2.65 bits per heavy atom. The summed E-state index contributed by atoms with van der Waals surface area (Å²) < 4.78 is 40.9. The summed E-state index contributed by atoms with van der Waals surface area (Å²) in [7, 11) is -3.85. The van der Waals surface area contributed by atoms with Gasteiger partial charge in [-0.3, -0.25) is 4.72 Å². The summed E-state index contributed by atoms with van der Waals surface area (Å²) in [5, 5.41) is 0. The van der Waals surface area contributed by atoms with Crippen LogP contribution in [-0.2, 0) is 16.6 Å². The monoisotopic (exact) mass is 378 g/mol. The van der Waals surface area contributed by atoms with Gasteiger partial charge in [0.05, 0.1) is 9.47 Å². The van der Waals surface area contributed by atoms with Crippen molar-refractivity contribution in [1.82, 2.24) is 0 Å². The van der Waals surface area contributed by atoms with E-state index < -0.39 is 15.8 Å². The van der Waals surface area contributed by atoms with Crippen molar-refractivity contribution in [2.45, 2.75) is 18.4 Å². The normalized spacial score (nSPS) is 11.6. The highest BCUT2D eigenvalue weighted by molar-refractivity contribution is 9.11. The maximum atomic E-state index is 13.7. The number of aryl methyl sites for hydroxylation is 1. The number of nitrogens with one attached hydrogen (secondary N) is 1. The molecule has 0 unspecified atom stereocenters. The van der Waals surface area contributed by atoms with Gasteiger partial charge < -0.3 is 5.73 Å². The van der Waals surface area contributed by atoms with Crippen LogP contribution in [0.4, 0.5) is 10.1 Å². The lowest BCUT2D eigenvalue weighted by atomic mass is 10.2. The number of sulfonamides is 1. The van der Waals surface area contributed by atoms with E-state index in [9.17, 15) is 12.8 Å². The van der Waals surface area contributed by atoms with Crippen LogP contribution in [0.3, 0.4) is 0 Å². The zero-order valence-electron chi connectivity index (χ0n) is 10.5. The molecule has 0 saturated carbocycles. The molecule has 0 fully saturated rings. The summed E-state index contributed by atoms with van der Waals surface area (Å²) in [4.78, 5) is 0.782. The fourth-order valence-corrected chi connectivity index (χ4v) is 5.21. The minimum atomic E-state index is -3.85. The molecule has 2 aromatic rings. The standard InChI is InChI=1S/C12H12BrFN2O2S2/c1-7-2-3-10(9(14)4-7)16-20(17,18)11-5-8(6-15)19-12(11)13/h2-5,16H,6,15H2,1H3. The molecule has 4 nitrogen and oxygen atoms in total. The van der Waals surface area contributed by atoms with Gasteiger partial charge in [0.1, 0.15) is 10.7 Å². The second kappa shape index (κ2) is 5.80. The predicted molar refractivity (Wildman–Crippen MR) is 81.9 cm³/mol. The Morgan fingerprint density at radius 2 is 2.10 bits per heavy atom. The average molecular weight is 379 g/mol. The van der Waals surface area contributed by atoms with E-state index in [0.29, 0.717) is 9.35 Å². The Morgan fingerprint density at radius 1 is 1.40 bits per heavy atom. The Kier molecular flexibility index (Phi) is 4.48. The summed E-state index contributed by atoms with van der Waals surface area (Å²) in [5.74, 6) is -0.612. The summed E-state index contributed by atoms with van der Waals surface area (Å²) >= 11 is 4.42. The van der Waals surface area contributed by atoms with Crippen LogP contribution < -0.4 is 10.5 Å². The minimum absolute atomic E-state index is 0.0583. The average Bonchev–Trinajstić information content (AvgIpc) is 2.75. The van der Waals surface area contributed by atoms with E-state index in [0.717, 1.165) is 4.88 Å². The number of thiophene rings is 1. The lowest BCUT2D eigenvalue weighted by Gasteiger charge is -2.08. The third-order valence-corrected chi connectivity index (χ3v) is 6.21. The zero-order chi connectivity index (χ0) is 14.9. The first-order valence-electron chi connectivity index (χ1n) is 5.60. The molecule has 0 bridgehead atoms. The van der Waals surface area contributed by atoms with Gasteiger partial charge in [-0.05, 0) is 46.6 Å². The maximum Gasteiger partial charge on any atom is 0.263 e. The van der Waals surface area contributed by atoms with Crippen LogP contribution in [0.5, 0.6) is 0 Å². The van der Waals surface area contributed by atoms with Crippen LogP contribution in [-0.4, -0.2) is 8.42 Å². The number of halogens is 2. The fourth-order valence-electron chi connectivity index (χ4n) is 1.58. The quantitative estimate of drug-likeness (QED) is 0.857. The first-order valence-corrected chi connectivity index (χ1v) is 8.70. The van der Waals surface area contributed by atoms with Crippen LogP contribution in [0, 0.1) is 12.7 Å². The molecular formula is C12H12BrFN2O2S2. The van der Waals surface area contributed by atoms with Crippen LogP contribution >= 0.6 is 27.3 Å². The van der Waals surface area contributed by atoms with Gasteiger partial charge in [0.15, 0.2) is 0 Å².